The number of aromatic nitrogens is 1. The van der Waals surface area contributed by atoms with Crippen molar-refractivity contribution in [1.29, 1.82) is 0 Å². The van der Waals surface area contributed by atoms with Crippen LogP contribution in [0.5, 0.6) is 0 Å². The van der Waals surface area contributed by atoms with Gasteiger partial charge in [0.15, 0.2) is 0 Å². The molecule has 4 nitrogen and oxygen atoms in total. The Balaban J connectivity index is 1.44. The van der Waals surface area contributed by atoms with Crippen molar-refractivity contribution in [2.75, 3.05) is 26.7 Å². The first-order chi connectivity index (χ1) is 11.2. The Hall–Kier alpha value is -1.72. The first kappa shape index (κ1) is 14.8. The molecule has 2 atom stereocenters. The fourth-order valence-corrected chi connectivity index (χ4v) is 4.56. The number of likely N-dealkylation sites (tertiary alicyclic amines) is 2. The van der Waals surface area contributed by atoms with E-state index < -0.39 is 0 Å². The standard InChI is InChI=1S/C18H21N3OS/c1-20-8-7-14-10-21(11-16(14)20)18(22)15-12-23-17(19-15)9-13-5-3-2-4-6-13/h2-6,12,14,16H,7-11H2,1H3/t14-,16+/m0/s1. The molecule has 2 aliphatic heterocycles. The Morgan fingerprint density at radius 3 is 2.91 bits per heavy atom. The van der Waals surface area contributed by atoms with Gasteiger partial charge in [-0.05, 0) is 31.5 Å². The third-order valence-corrected chi connectivity index (χ3v) is 5.93. The lowest BCUT2D eigenvalue weighted by atomic mass is 10.1. The molecule has 0 unspecified atom stereocenters. The van der Waals surface area contributed by atoms with Gasteiger partial charge in [0.05, 0.1) is 5.01 Å². The van der Waals surface area contributed by atoms with Gasteiger partial charge in [0.25, 0.3) is 5.91 Å². The van der Waals surface area contributed by atoms with Crippen molar-refractivity contribution in [2.24, 2.45) is 5.92 Å². The van der Waals surface area contributed by atoms with Crippen molar-refractivity contribution < 1.29 is 4.79 Å². The van der Waals surface area contributed by atoms with Crippen molar-refractivity contribution in [3.8, 4) is 0 Å². The number of rotatable bonds is 3. The lowest BCUT2D eigenvalue weighted by Crippen LogP contribution is -2.35. The summed E-state index contributed by atoms with van der Waals surface area (Å²) in [6, 6.07) is 10.8. The molecular formula is C18H21N3OS. The molecule has 1 aromatic heterocycles. The molecule has 0 N–H and O–H groups in total. The molecule has 5 heteroatoms. The van der Waals surface area contributed by atoms with E-state index in [1.165, 1.54) is 12.0 Å². The van der Waals surface area contributed by atoms with Crippen LogP contribution in [0, 0.1) is 5.92 Å². The minimum absolute atomic E-state index is 0.100. The second-order valence-corrected chi connectivity index (χ2v) is 7.54. The number of carbonyl (C=O) groups excluding carboxylic acids is 1. The Morgan fingerprint density at radius 1 is 1.30 bits per heavy atom. The molecular weight excluding hydrogens is 306 g/mol. The van der Waals surface area contributed by atoms with E-state index in [4.69, 9.17) is 0 Å². The molecule has 2 aliphatic rings. The van der Waals surface area contributed by atoms with Crippen LogP contribution in [0.1, 0.15) is 27.5 Å². The van der Waals surface area contributed by atoms with E-state index in [0.717, 1.165) is 31.1 Å². The lowest BCUT2D eigenvalue weighted by molar-refractivity contribution is 0.0769. The maximum Gasteiger partial charge on any atom is 0.273 e. The maximum absolute atomic E-state index is 12.7. The normalized spacial score (nSPS) is 24.1. The number of thiazole rings is 1. The summed E-state index contributed by atoms with van der Waals surface area (Å²) in [5.41, 5.74) is 1.85. The number of benzene rings is 1. The number of nitrogens with zero attached hydrogens (tertiary/aromatic N) is 3. The molecule has 2 saturated heterocycles. The predicted molar refractivity (Wildman–Crippen MR) is 91.8 cm³/mol. The molecule has 1 aromatic carbocycles. The average Bonchev–Trinajstić information content (AvgIpc) is 3.26. The van der Waals surface area contributed by atoms with Crippen LogP contribution >= 0.6 is 11.3 Å². The molecule has 3 heterocycles. The molecule has 0 saturated carbocycles. The molecule has 0 aliphatic carbocycles. The molecule has 0 bridgehead atoms. The van der Waals surface area contributed by atoms with Gasteiger partial charge in [0, 0.05) is 30.9 Å². The number of amides is 1. The zero-order chi connectivity index (χ0) is 15.8. The van der Waals surface area contributed by atoms with Crippen LogP contribution in [0.2, 0.25) is 0 Å². The highest BCUT2D eigenvalue weighted by Gasteiger charge is 2.41. The summed E-state index contributed by atoms with van der Waals surface area (Å²) >= 11 is 1.58. The second kappa shape index (κ2) is 6.06. The fraction of sp³-hybridized carbons (Fsp3) is 0.444. The van der Waals surface area contributed by atoms with E-state index in [-0.39, 0.29) is 5.91 Å². The molecule has 23 heavy (non-hydrogen) atoms. The lowest BCUT2D eigenvalue weighted by Gasteiger charge is -2.20. The maximum atomic E-state index is 12.7. The zero-order valence-electron chi connectivity index (χ0n) is 13.3. The number of hydrogen-bond donors (Lipinski definition) is 0. The van der Waals surface area contributed by atoms with Gasteiger partial charge in [-0.15, -0.1) is 11.3 Å². The smallest absolute Gasteiger partial charge is 0.273 e. The van der Waals surface area contributed by atoms with Gasteiger partial charge in [-0.1, -0.05) is 30.3 Å². The van der Waals surface area contributed by atoms with Crippen molar-refractivity contribution in [3.05, 3.63) is 52.0 Å². The number of carbonyl (C=O) groups is 1. The van der Waals surface area contributed by atoms with Crippen LogP contribution in [0.15, 0.2) is 35.7 Å². The zero-order valence-corrected chi connectivity index (χ0v) is 14.1. The molecule has 120 valence electrons. The van der Waals surface area contributed by atoms with E-state index in [0.29, 0.717) is 17.7 Å². The van der Waals surface area contributed by atoms with Crippen LogP contribution in [0.3, 0.4) is 0 Å². The van der Waals surface area contributed by atoms with Crippen molar-refractivity contribution in [2.45, 2.75) is 18.9 Å². The Morgan fingerprint density at radius 2 is 2.13 bits per heavy atom. The van der Waals surface area contributed by atoms with Gasteiger partial charge in [-0.25, -0.2) is 4.98 Å². The van der Waals surface area contributed by atoms with Gasteiger partial charge in [-0.2, -0.15) is 0 Å². The Bertz CT molecular complexity index is 699. The summed E-state index contributed by atoms with van der Waals surface area (Å²) in [7, 11) is 2.17. The summed E-state index contributed by atoms with van der Waals surface area (Å²) in [5, 5.41) is 2.93. The van der Waals surface area contributed by atoms with Crippen LogP contribution in [0.25, 0.3) is 0 Å². The first-order valence-electron chi connectivity index (χ1n) is 8.18. The molecule has 2 fully saturated rings. The monoisotopic (exact) mass is 327 g/mol. The summed E-state index contributed by atoms with van der Waals surface area (Å²) in [4.78, 5) is 21.7. The summed E-state index contributed by atoms with van der Waals surface area (Å²) in [6.07, 6.45) is 2.01. The number of fused-ring (bicyclic) bond motifs is 1. The highest BCUT2D eigenvalue weighted by molar-refractivity contribution is 7.09. The largest absolute Gasteiger partial charge is 0.335 e. The van der Waals surface area contributed by atoms with Crippen LogP contribution in [-0.2, 0) is 6.42 Å². The van der Waals surface area contributed by atoms with E-state index in [9.17, 15) is 4.79 Å². The summed E-state index contributed by atoms with van der Waals surface area (Å²) in [6.45, 7) is 2.90. The molecule has 4 rings (SSSR count). The quantitative estimate of drug-likeness (QED) is 0.869. The average molecular weight is 327 g/mol. The van der Waals surface area contributed by atoms with Crippen molar-refractivity contribution >= 4 is 17.2 Å². The van der Waals surface area contributed by atoms with Crippen LogP contribution in [0.4, 0.5) is 0 Å². The van der Waals surface area contributed by atoms with Gasteiger partial charge < -0.3 is 9.80 Å². The fourth-order valence-electron chi connectivity index (χ4n) is 3.76. The number of likely N-dealkylation sites (N-methyl/N-ethyl adjacent to an activating group) is 1. The first-order valence-corrected chi connectivity index (χ1v) is 9.06. The van der Waals surface area contributed by atoms with E-state index in [1.54, 1.807) is 11.3 Å². The molecule has 0 radical (unpaired) electrons. The third kappa shape index (κ3) is 2.91. The predicted octanol–water partition coefficient (Wildman–Crippen LogP) is 2.51. The van der Waals surface area contributed by atoms with E-state index in [1.807, 2.05) is 28.5 Å². The minimum atomic E-state index is 0.100. The summed E-state index contributed by atoms with van der Waals surface area (Å²) in [5.74, 6) is 0.745. The Kier molecular flexibility index (Phi) is 3.91. The van der Waals surface area contributed by atoms with Crippen LogP contribution in [-0.4, -0.2) is 53.4 Å². The molecule has 2 aromatic rings. The Labute approximate surface area is 140 Å². The third-order valence-electron chi connectivity index (χ3n) is 5.08. The molecule has 0 spiro atoms. The van der Waals surface area contributed by atoms with Crippen molar-refractivity contribution in [1.82, 2.24) is 14.8 Å². The van der Waals surface area contributed by atoms with Crippen molar-refractivity contribution in [3.63, 3.8) is 0 Å². The minimum Gasteiger partial charge on any atom is -0.335 e. The van der Waals surface area contributed by atoms with Gasteiger partial charge in [0.2, 0.25) is 0 Å². The van der Waals surface area contributed by atoms with Gasteiger partial charge in [-0.3, -0.25) is 4.79 Å². The van der Waals surface area contributed by atoms with Gasteiger partial charge in [0.1, 0.15) is 5.69 Å². The highest BCUT2D eigenvalue weighted by atomic mass is 32.1. The van der Waals surface area contributed by atoms with Gasteiger partial charge >= 0.3 is 0 Å². The second-order valence-electron chi connectivity index (χ2n) is 6.60. The molecule has 1 amide bonds. The summed E-state index contributed by atoms with van der Waals surface area (Å²) < 4.78 is 0. The highest BCUT2D eigenvalue weighted by Crippen LogP contribution is 2.31. The number of hydrogen-bond acceptors (Lipinski definition) is 4. The SMILES string of the molecule is CN1CC[C@H]2CN(C(=O)c3csc(Cc4ccccc4)n3)C[C@H]21. The van der Waals surface area contributed by atoms with E-state index >= 15 is 0 Å². The topological polar surface area (TPSA) is 36.4 Å². The van der Waals surface area contributed by atoms with E-state index in [2.05, 4.69) is 29.1 Å². The van der Waals surface area contributed by atoms with Crippen LogP contribution < -0.4 is 0 Å².